The fraction of sp³-hybridized carbons (Fsp3) is 0.571. The van der Waals surface area contributed by atoms with E-state index in [-0.39, 0.29) is 11.5 Å². The normalized spacial score (nSPS) is 11.8. The molecule has 0 rings (SSSR count). The summed E-state index contributed by atoms with van der Waals surface area (Å²) in [5.41, 5.74) is 5.37. The van der Waals surface area contributed by atoms with E-state index in [9.17, 15) is 14.4 Å². The van der Waals surface area contributed by atoms with Gasteiger partial charge in [0.1, 0.15) is 6.54 Å². The van der Waals surface area contributed by atoms with Gasteiger partial charge in [0.15, 0.2) is 0 Å². The van der Waals surface area contributed by atoms with E-state index in [1.807, 2.05) is 0 Å². The SMILES string of the molecule is N[C@@H](CSCC(=O)O)C(=O)NCC(=O)O. The number of thioether (sulfide) groups is 1. The van der Waals surface area contributed by atoms with E-state index in [2.05, 4.69) is 5.32 Å². The van der Waals surface area contributed by atoms with E-state index in [1.165, 1.54) is 0 Å². The molecule has 1 amide bonds. The molecule has 0 aliphatic rings. The lowest BCUT2D eigenvalue weighted by Gasteiger charge is -2.09. The molecular weight excluding hydrogens is 224 g/mol. The first kappa shape index (κ1) is 13.7. The predicted octanol–water partition coefficient (Wildman–Crippen LogP) is -1.67. The minimum Gasteiger partial charge on any atom is -0.481 e. The van der Waals surface area contributed by atoms with E-state index in [1.54, 1.807) is 0 Å². The van der Waals surface area contributed by atoms with Crippen molar-refractivity contribution < 1.29 is 24.6 Å². The molecule has 0 fully saturated rings. The molecule has 0 spiro atoms. The Labute approximate surface area is 90.0 Å². The van der Waals surface area contributed by atoms with E-state index in [0.717, 1.165) is 11.8 Å². The summed E-state index contributed by atoms with van der Waals surface area (Å²) in [6.45, 7) is -0.490. The first-order chi connectivity index (χ1) is 6.93. The van der Waals surface area contributed by atoms with Gasteiger partial charge in [-0.05, 0) is 0 Å². The van der Waals surface area contributed by atoms with Gasteiger partial charge in [-0.3, -0.25) is 14.4 Å². The zero-order valence-corrected chi connectivity index (χ0v) is 8.62. The summed E-state index contributed by atoms with van der Waals surface area (Å²) in [5.74, 6) is -2.75. The van der Waals surface area contributed by atoms with Crippen LogP contribution in [0.15, 0.2) is 0 Å². The molecule has 15 heavy (non-hydrogen) atoms. The van der Waals surface area contributed by atoms with Crippen LogP contribution in [-0.4, -0.2) is 52.2 Å². The maximum atomic E-state index is 11.1. The van der Waals surface area contributed by atoms with E-state index >= 15 is 0 Å². The highest BCUT2D eigenvalue weighted by molar-refractivity contribution is 8.00. The number of amides is 1. The minimum absolute atomic E-state index is 0.137. The van der Waals surface area contributed by atoms with Crippen LogP contribution >= 0.6 is 11.8 Å². The quantitative estimate of drug-likeness (QED) is 0.416. The van der Waals surface area contributed by atoms with Gasteiger partial charge in [0.2, 0.25) is 5.91 Å². The third kappa shape index (κ3) is 7.77. The number of aliphatic carboxylic acids is 2. The number of carboxylic acids is 2. The summed E-state index contributed by atoms with van der Waals surface area (Å²) in [7, 11) is 0. The van der Waals surface area contributed by atoms with Crippen LogP contribution in [0.3, 0.4) is 0 Å². The summed E-state index contributed by atoms with van der Waals surface area (Å²) in [4.78, 5) is 31.3. The summed E-state index contributed by atoms with van der Waals surface area (Å²) >= 11 is 0.999. The highest BCUT2D eigenvalue weighted by atomic mass is 32.2. The zero-order valence-electron chi connectivity index (χ0n) is 7.80. The van der Waals surface area contributed by atoms with E-state index in [4.69, 9.17) is 15.9 Å². The molecule has 0 bridgehead atoms. The van der Waals surface area contributed by atoms with E-state index < -0.39 is 30.4 Å². The maximum Gasteiger partial charge on any atom is 0.322 e. The fourth-order valence-electron chi connectivity index (χ4n) is 0.643. The third-order valence-corrected chi connectivity index (χ3v) is 2.32. The highest BCUT2D eigenvalue weighted by Crippen LogP contribution is 2.00. The molecule has 0 heterocycles. The number of carbonyl (C=O) groups excluding carboxylic acids is 1. The molecule has 0 saturated carbocycles. The number of carboxylic acid groups (broad SMARTS) is 2. The van der Waals surface area contributed by atoms with Crippen LogP contribution in [0.4, 0.5) is 0 Å². The Morgan fingerprint density at radius 1 is 1.27 bits per heavy atom. The second-order valence-electron chi connectivity index (χ2n) is 2.63. The molecular formula is C7H12N2O5S. The van der Waals surface area contributed by atoms with Crippen molar-refractivity contribution in [2.75, 3.05) is 18.1 Å². The van der Waals surface area contributed by atoms with Crippen molar-refractivity contribution in [2.24, 2.45) is 5.73 Å². The first-order valence-corrected chi connectivity index (χ1v) is 5.13. The van der Waals surface area contributed by atoms with Crippen LogP contribution in [0.5, 0.6) is 0 Å². The molecule has 0 unspecified atom stereocenters. The third-order valence-electron chi connectivity index (χ3n) is 1.27. The summed E-state index contributed by atoms with van der Waals surface area (Å²) in [6.07, 6.45) is 0. The Bertz CT molecular complexity index is 258. The van der Waals surface area contributed by atoms with Crippen molar-refractivity contribution in [3.8, 4) is 0 Å². The molecule has 0 aliphatic carbocycles. The van der Waals surface area contributed by atoms with Gasteiger partial charge in [-0.25, -0.2) is 0 Å². The molecule has 0 radical (unpaired) electrons. The molecule has 7 nitrogen and oxygen atoms in total. The van der Waals surface area contributed by atoms with Crippen molar-refractivity contribution in [1.29, 1.82) is 0 Å². The standard InChI is InChI=1S/C7H12N2O5S/c8-4(2-15-3-6(12)13)7(14)9-1-5(10)11/h4H,1-3,8H2,(H,9,14)(H,10,11)(H,12,13)/t4-/m0/s1. The van der Waals surface area contributed by atoms with Gasteiger partial charge in [0, 0.05) is 5.75 Å². The largest absolute Gasteiger partial charge is 0.481 e. The molecule has 0 aliphatic heterocycles. The zero-order chi connectivity index (χ0) is 11.8. The van der Waals surface area contributed by atoms with Crippen molar-refractivity contribution in [3.63, 3.8) is 0 Å². The van der Waals surface area contributed by atoms with Crippen LogP contribution in [0.2, 0.25) is 0 Å². The number of nitrogens with one attached hydrogen (secondary N) is 1. The lowest BCUT2D eigenvalue weighted by atomic mass is 10.3. The van der Waals surface area contributed by atoms with Crippen LogP contribution in [0, 0.1) is 0 Å². The molecule has 0 aromatic carbocycles. The van der Waals surface area contributed by atoms with E-state index in [0.29, 0.717) is 0 Å². The van der Waals surface area contributed by atoms with Crippen molar-refractivity contribution in [2.45, 2.75) is 6.04 Å². The number of hydrogen-bond donors (Lipinski definition) is 4. The smallest absolute Gasteiger partial charge is 0.322 e. The Kier molecular flexibility index (Phi) is 6.47. The Morgan fingerprint density at radius 2 is 1.87 bits per heavy atom. The number of rotatable bonds is 7. The number of nitrogens with two attached hydrogens (primary N) is 1. The Hall–Kier alpha value is -1.28. The Balaban J connectivity index is 3.69. The second-order valence-corrected chi connectivity index (χ2v) is 3.66. The molecule has 5 N–H and O–H groups in total. The Morgan fingerprint density at radius 3 is 2.33 bits per heavy atom. The van der Waals surface area contributed by atoms with Crippen LogP contribution in [0.25, 0.3) is 0 Å². The van der Waals surface area contributed by atoms with Crippen LogP contribution < -0.4 is 11.1 Å². The lowest BCUT2D eigenvalue weighted by molar-refractivity contribution is -0.138. The van der Waals surface area contributed by atoms with Crippen LogP contribution in [-0.2, 0) is 14.4 Å². The van der Waals surface area contributed by atoms with Gasteiger partial charge in [-0.15, -0.1) is 11.8 Å². The van der Waals surface area contributed by atoms with Gasteiger partial charge >= 0.3 is 11.9 Å². The lowest BCUT2D eigenvalue weighted by Crippen LogP contribution is -2.44. The number of carbonyl (C=O) groups is 3. The average molecular weight is 236 g/mol. The molecule has 0 aromatic heterocycles. The summed E-state index contributed by atoms with van der Waals surface area (Å²) in [6, 6.07) is -0.895. The second kappa shape index (κ2) is 7.07. The van der Waals surface area contributed by atoms with Crippen molar-refractivity contribution in [3.05, 3.63) is 0 Å². The molecule has 8 heteroatoms. The molecule has 1 atom stereocenters. The van der Waals surface area contributed by atoms with Gasteiger partial charge in [-0.1, -0.05) is 0 Å². The maximum absolute atomic E-state index is 11.1. The van der Waals surface area contributed by atoms with Gasteiger partial charge in [-0.2, -0.15) is 0 Å². The first-order valence-electron chi connectivity index (χ1n) is 3.98. The monoisotopic (exact) mass is 236 g/mol. The highest BCUT2D eigenvalue weighted by Gasteiger charge is 2.14. The number of hydrogen-bond acceptors (Lipinski definition) is 5. The van der Waals surface area contributed by atoms with Crippen molar-refractivity contribution in [1.82, 2.24) is 5.32 Å². The van der Waals surface area contributed by atoms with Crippen molar-refractivity contribution >= 4 is 29.6 Å². The summed E-state index contributed by atoms with van der Waals surface area (Å²) < 4.78 is 0. The average Bonchev–Trinajstić information content (AvgIpc) is 2.13. The molecule has 0 saturated heterocycles. The topological polar surface area (TPSA) is 130 Å². The molecule has 86 valence electrons. The van der Waals surface area contributed by atoms with Gasteiger partial charge in [0.25, 0.3) is 0 Å². The summed E-state index contributed by atoms with van der Waals surface area (Å²) in [5, 5.41) is 18.7. The molecule has 0 aromatic rings. The van der Waals surface area contributed by atoms with Gasteiger partial charge in [0.05, 0.1) is 11.8 Å². The fourth-order valence-corrected chi connectivity index (χ4v) is 1.34. The predicted molar refractivity (Wildman–Crippen MR) is 53.6 cm³/mol. The van der Waals surface area contributed by atoms with Gasteiger partial charge < -0.3 is 21.3 Å². The minimum atomic E-state index is -1.16. The van der Waals surface area contributed by atoms with Crippen LogP contribution in [0.1, 0.15) is 0 Å².